The number of aromatic nitrogens is 2. The van der Waals surface area contributed by atoms with Crippen LogP contribution in [-0.4, -0.2) is 59.0 Å². The van der Waals surface area contributed by atoms with Crippen LogP contribution < -0.4 is 21.3 Å². The average molecular weight is 506 g/mol. The number of carbonyl (C=O) groups is 1. The van der Waals surface area contributed by atoms with Crippen molar-refractivity contribution in [2.24, 2.45) is 0 Å². The van der Waals surface area contributed by atoms with Gasteiger partial charge in [0.2, 0.25) is 11.9 Å². The molecular formula is C27H35N7OS. The second-order valence-electron chi connectivity index (χ2n) is 9.86. The van der Waals surface area contributed by atoms with Crippen molar-refractivity contribution < 1.29 is 4.79 Å². The van der Waals surface area contributed by atoms with Crippen LogP contribution in [0.25, 0.3) is 10.2 Å². The van der Waals surface area contributed by atoms with Crippen molar-refractivity contribution in [3.63, 3.8) is 0 Å². The second-order valence-corrected chi connectivity index (χ2v) is 10.8. The number of nitrogens with one attached hydrogen (secondary N) is 4. The molecule has 5 rings (SSSR count). The summed E-state index contributed by atoms with van der Waals surface area (Å²) >= 11 is 1.65. The smallest absolute Gasteiger partial charge is 0.243 e. The minimum absolute atomic E-state index is 0.0937. The molecule has 1 aliphatic heterocycles. The van der Waals surface area contributed by atoms with Gasteiger partial charge in [-0.1, -0.05) is 6.58 Å². The van der Waals surface area contributed by atoms with Gasteiger partial charge >= 0.3 is 0 Å². The Labute approximate surface area is 216 Å². The van der Waals surface area contributed by atoms with Crippen LogP contribution >= 0.6 is 11.3 Å². The number of fused-ring (bicyclic) bond motifs is 1. The van der Waals surface area contributed by atoms with Crippen molar-refractivity contribution in [3.8, 4) is 0 Å². The highest BCUT2D eigenvalue weighted by Gasteiger charge is 2.23. The van der Waals surface area contributed by atoms with E-state index in [1.165, 1.54) is 18.9 Å². The lowest BCUT2D eigenvalue weighted by molar-refractivity contribution is -0.117. The summed E-state index contributed by atoms with van der Waals surface area (Å²) in [6, 6.07) is 11.5. The molecule has 2 aliphatic rings. The van der Waals surface area contributed by atoms with Gasteiger partial charge in [0.25, 0.3) is 0 Å². The van der Waals surface area contributed by atoms with E-state index >= 15 is 0 Å². The first-order valence-corrected chi connectivity index (χ1v) is 13.7. The van der Waals surface area contributed by atoms with Crippen LogP contribution in [0.1, 0.15) is 38.5 Å². The summed E-state index contributed by atoms with van der Waals surface area (Å²) in [7, 11) is 2.18. The first kappa shape index (κ1) is 24.5. The van der Waals surface area contributed by atoms with Crippen molar-refractivity contribution in [2.45, 2.75) is 56.7 Å². The van der Waals surface area contributed by atoms with E-state index in [4.69, 9.17) is 9.97 Å². The molecule has 0 unspecified atom stereocenters. The van der Waals surface area contributed by atoms with Crippen LogP contribution in [0.3, 0.4) is 0 Å². The third kappa shape index (κ3) is 6.14. The lowest BCUT2D eigenvalue weighted by Gasteiger charge is -2.30. The van der Waals surface area contributed by atoms with Gasteiger partial charge in [-0.2, -0.15) is 4.98 Å². The van der Waals surface area contributed by atoms with Crippen LogP contribution in [0.4, 0.5) is 23.1 Å². The van der Waals surface area contributed by atoms with E-state index in [0.29, 0.717) is 18.0 Å². The average Bonchev–Trinajstić information content (AvgIpc) is 3.37. The molecule has 1 saturated carbocycles. The zero-order valence-electron chi connectivity index (χ0n) is 20.8. The number of hydrogen-bond acceptors (Lipinski definition) is 8. The number of anilines is 4. The fraction of sp³-hybridized carbons (Fsp3) is 0.444. The zero-order chi connectivity index (χ0) is 24.9. The van der Waals surface area contributed by atoms with E-state index in [2.05, 4.69) is 69.4 Å². The highest BCUT2D eigenvalue weighted by atomic mass is 32.1. The van der Waals surface area contributed by atoms with Gasteiger partial charge in [-0.3, -0.25) is 4.79 Å². The van der Waals surface area contributed by atoms with Crippen LogP contribution in [-0.2, 0) is 4.79 Å². The Bertz CT molecular complexity index is 1180. The summed E-state index contributed by atoms with van der Waals surface area (Å²) < 4.78 is 1.07. The lowest BCUT2D eigenvalue weighted by atomic mass is 9.91. The Balaban J connectivity index is 1.22. The normalized spacial score (nSPS) is 21.1. The van der Waals surface area contributed by atoms with E-state index in [1.54, 1.807) is 11.3 Å². The van der Waals surface area contributed by atoms with Crippen molar-refractivity contribution in [3.05, 3.63) is 48.4 Å². The summed E-state index contributed by atoms with van der Waals surface area (Å²) in [5.41, 5.74) is 3.04. The quantitative estimate of drug-likeness (QED) is 0.321. The molecule has 2 aromatic heterocycles. The maximum atomic E-state index is 11.6. The van der Waals surface area contributed by atoms with Crippen molar-refractivity contribution in [1.82, 2.24) is 20.2 Å². The number of benzene rings is 1. The highest BCUT2D eigenvalue weighted by molar-refractivity contribution is 7.17. The molecule has 36 heavy (non-hydrogen) atoms. The molecule has 1 aliphatic carbocycles. The Morgan fingerprint density at radius 2 is 1.61 bits per heavy atom. The van der Waals surface area contributed by atoms with Gasteiger partial charge in [-0.25, -0.2) is 4.98 Å². The Hall–Kier alpha value is -3.17. The summed E-state index contributed by atoms with van der Waals surface area (Å²) in [6.45, 7) is 5.83. The summed E-state index contributed by atoms with van der Waals surface area (Å²) in [4.78, 5) is 23.6. The fourth-order valence-corrected chi connectivity index (χ4v) is 5.80. The van der Waals surface area contributed by atoms with Crippen molar-refractivity contribution >= 4 is 50.6 Å². The predicted molar refractivity (Wildman–Crippen MR) is 149 cm³/mol. The van der Waals surface area contributed by atoms with E-state index in [0.717, 1.165) is 66.2 Å². The molecular weight excluding hydrogens is 470 g/mol. The Kier molecular flexibility index (Phi) is 7.67. The molecule has 3 heterocycles. The maximum Gasteiger partial charge on any atom is 0.243 e. The van der Waals surface area contributed by atoms with Gasteiger partial charge in [-0.15, -0.1) is 11.3 Å². The molecule has 1 aromatic carbocycles. The summed E-state index contributed by atoms with van der Waals surface area (Å²) in [5, 5.41) is 15.8. The van der Waals surface area contributed by atoms with Crippen LogP contribution in [0, 0.1) is 0 Å². The summed E-state index contributed by atoms with van der Waals surface area (Å²) in [5.74, 6) is 1.37. The Morgan fingerprint density at radius 1 is 0.944 bits per heavy atom. The molecule has 0 spiro atoms. The predicted octanol–water partition coefficient (Wildman–Crippen LogP) is 4.97. The van der Waals surface area contributed by atoms with E-state index in [1.807, 2.05) is 6.07 Å². The number of amides is 1. The molecule has 0 radical (unpaired) electrons. The van der Waals surface area contributed by atoms with E-state index in [9.17, 15) is 4.79 Å². The SMILES string of the molecule is C=CC(=O)N[C@H]1CC[C@@H](Nc2nc(Nc3ccc(NC4CCN(C)CC4)cc3)nc3ccsc23)CC1. The van der Waals surface area contributed by atoms with E-state index in [-0.39, 0.29) is 11.9 Å². The van der Waals surface area contributed by atoms with Gasteiger partial charge in [-0.05, 0) is 100 Å². The van der Waals surface area contributed by atoms with Gasteiger partial charge in [0, 0.05) is 29.5 Å². The summed E-state index contributed by atoms with van der Waals surface area (Å²) in [6.07, 6.45) is 7.53. The fourth-order valence-electron chi connectivity index (χ4n) is 5.02. The molecule has 0 atom stereocenters. The largest absolute Gasteiger partial charge is 0.382 e. The van der Waals surface area contributed by atoms with Gasteiger partial charge in [0.1, 0.15) is 5.82 Å². The third-order valence-electron chi connectivity index (χ3n) is 7.13. The molecule has 1 amide bonds. The minimum atomic E-state index is -0.0937. The molecule has 9 heteroatoms. The molecule has 190 valence electrons. The first-order chi connectivity index (χ1) is 17.6. The zero-order valence-corrected chi connectivity index (χ0v) is 21.6. The number of rotatable bonds is 8. The van der Waals surface area contributed by atoms with Crippen LogP contribution in [0.5, 0.6) is 0 Å². The molecule has 0 bridgehead atoms. The monoisotopic (exact) mass is 505 g/mol. The number of hydrogen-bond donors (Lipinski definition) is 4. The maximum absolute atomic E-state index is 11.6. The van der Waals surface area contributed by atoms with Gasteiger partial charge in [0.15, 0.2) is 0 Å². The highest BCUT2D eigenvalue weighted by Crippen LogP contribution is 2.31. The lowest BCUT2D eigenvalue weighted by Crippen LogP contribution is -2.39. The minimum Gasteiger partial charge on any atom is -0.382 e. The molecule has 3 aromatic rings. The van der Waals surface area contributed by atoms with Gasteiger partial charge in [0.05, 0.1) is 10.2 Å². The second kappa shape index (κ2) is 11.3. The Morgan fingerprint density at radius 3 is 2.33 bits per heavy atom. The standard InChI is InChI=1S/C27H35N7OS/c1-3-24(35)29-19-6-8-20(9-7-19)30-26-25-23(14-17-36-25)32-27(33-26)31-21-10-4-18(5-11-21)28-22-12-15-34(2)16-13-22/h3-5,10-11,14,17,19-20,22,28H,1,6-9,12-13,15-16H2,2H3,(H,29,35)(H2,30,31,32,33)/t19-,20+. The number of nitrogens with zero attached hydrogens (tertiary/aromatic N) is 3. The van der Waals surface area contributed by atoms with E-state index < -0.39 is 0 Å². The number of carbonyl (C=O) groups excluding carboxylic acids is 1. The molecule has 1 saturated heterocycles. The number of thiophene rings is 1. The van der Waals surface area contributed by atoms with Crippen LogP contribution in [0.15, 0.2) is 48.4 Å². The third-order valence-corrected chi connectivity index (χ3v) is 8.04. The number of piperidine rings is 1. The molecule has 8 nitrogen and oxygen atoms in total. The van der Waals surface area contributed by atoms with Crippen LogP contribution in [0.2, 0.25) is 0 Å². The molecule has 4 N–H and O–H groups in total. The molecule has 2 fully saturated rings. The van der Waals surface area contributed by atoms with Gasteiger partial charge < -0.3 is 26.2 Å². The number of likely N-dealkylation sites (tertiary alicyclic amines) is 1. The topological polar surface area (TPSA) is 94.2 Å². The van der Waals surface area contributed by atoms with Crippen molar-refractivity contribution in [2.75, 3.05) is 36.1 Å². The first-order valence-electron chi connectivity index (χ1n) is 12.8. The van der Waals surface area contributed by atoms with Crippen molar-refractivity contribution in [1.29, 1.82) is 0 Å².